The van der Waals surface area contributed by atoms with E-state index in [0.29, 0.717) is 29.8 Å². The van der Waals surface area contributed by atoms with Crippen molar-refractivity contribution in [2.24, 2.45) is 0 Å². The standard InChI is InChI=1S/C28H25N5O2S/c1-2-32(19-25-29-23-12-7-6-11-22(23)28(35)30-25)26(34)15-14-21-18-33(17-20-9-4-3-5-10-20)31-27(21)24-13-8-16-36-24/h3-16,18H,2,17,19H2,1H3,(H,29,30,35)/b15-14+. The van der Waals surface area contributed by atoms with Crippen molar-refractivity contribution in [1.82, 2.24) is 24.6 Å². The number of thiophene rings is 1. The van der Waals surface area contributed by atoms with Crippen molar-refractivity contribution >= 4 is 34.2 Å². The number of nitrogens with one attached hydrogen (secondary N) is 1. The molecule has 0 atom stereocenters. The topological polar surface area (TPSA) is 83.9 Å². The first kappa shape index (κ1) is 23.4. The van der Waals surface area contributed by atoms with Crippen LogP contribution in [0.3, 0.4) is 0 Å². The third-order valence-electron chi connectivity index (χ3n) is 5.83. The van der Waals surface area contributed by atoms with Gasteiger partial charge >= 0.3 is 0 Å². The molecule has 36 heavy (non-hydrogen) atoms. The minimum atomic E-state index is -0.207. The fourth-order valence-electron chi connectivity index (χ4n) is 4.02. The summed E-state index contributed by atoms with van der Waals surface area (Å²) in [5.41, 5.74) is 3.27. The summed E-state index contributed by atoms with van der Waals surface area (Å²) in [6.07, 6.45) is 5.33. The number of carbonyl (C=O) groups is 1. The molecule has 8 heteroatoms. The number of nitrogens with zero attached hydrogens (tertiary/aromatic N) is 4. The van der Waals surface area contributed by atoms with E-state index >= 15 is 0 Å². The molecule has 0 saturated carbocycles. The Balaban J connectivity index is 1.38. The highest BCUT2D eigenvalue weighted by Crippen LogP contribution is 2.28. The van der Waals surface area contributed by atoms with Crippen molar-refractivity contribution in [3.8, 4) is 10.6 Å². The summed E-state index contributed by atoms with van der Waals surface area (Å²) < 4.78 is 1.90. The van der Waals surface area contributed by atoms with E-state index in [0.717, 1.165) is 21.7 Å². The van der Waals surface area contributed by atoms with E-state index in [9.17, 15) is 9.59 Å². The molecule has 1 amide bonds. The van der Waals surface area contributed by atoms with Gasteiger partial charge < -0.3 is 9.88 Å². The van der Waals surface area contributed by atoms with Gasteiger partial charge in [-0.25, -0.2) is 4.98 Å². The monoisotopic (exact) mass is 495 g/mol. The molecule has 0 aliphatic rings. The minimum absolute atomic E-state index is 0.166. The highest BCUT2D eigenvalue weighted by atomic mass is 32.1. The van der Waals surface area contributed by atoms with Crippen LogP contribution in [0.1, 0.15) is 23.9 Å². The quantitative estimate of drug-likeness (QED) is 0.309. The van der Waals surface area contributed by atoms with Crippen LogP contribution in [0.15, 0.2) is 89.2 Å². The van der Waals surface area contributed by atoms with Crippen LogP contribution in [0.4, 0.5) is 0 Å². The van der Waals surface area contributed by atoms with Gasteiger partial charge in [-0.3, -0.25) is 14.3 Å². The third-order valence-corrected chi connectivity index (χ3v) is 6.71. The van der Waals surface area contributed by atoms with Gasteiger partial charge in [-0.1, -0.05) is 48.5 Å². The van der Waals surface area contributed by atoms with Crippen LogP contribution in [-0.2, 0) is 17.9 Å². The number of hydrogen-bond acceptors (Lipinski definition) is 5. The Labute approximate surface area is 212 Å². The number of aromatic amines is 1. The average molecular weight is 496 g/mol. The SMILES string of the molecule is CCN(Cc1nc2ccccc2c(=O)[nH]1)C(=O)/C=C/c1cn(Cc2ccccc2)nc1-c1cccs1. The number of carbonyl (C=O) groups excluding carboxylic acids is 1. The summed E-state index contributed by atoms with van der Waals surface area (Å²) in [5.74, 6) is 0.290. The highest BCUT2D eigenvalue weighted by molar-refractivity contribution is 7.13. The van der Waals surface area contributed by atoms with Crippen LogP contribution in [-0.4, -0.2) is 37.1 Å². The molecule has 7 nitrogen and oxygen atoms in total. The molecule has 2 aromatic carbocycles. The van der Waals surface area contributed by atoms with E-state index in [1.807, 2.05) is 65.7 Å². The number of amides is 1. The third kappa shape index (κ3) is 5.18. The largest absolute Gasteiger partial charge is 0.332 e. The molecule has 0 aliphatic heterocycles. The Morgan fingerprint density at radius 3 is 2.67 bits per heavy atom. The molecule has 180 valence electrons. The van der Waals surface area contributed by atoms with E-state index < -0.39 is 0 Å². The maximum atomic E-state index is 13.1. The van der Waals surface area contributed by atoms with E-state index in [-0.39, 0.29) is 18.0 Å². The van der Waals surface area contributed by atoms with Crippen LogP contribution in [0, 0.1) is 0 Å². The van der Waals surface area contributed by atoms with Gasteiger partial charge in [-0.15, -0.1) is 11.3 Å². The lowest BCUT2D eigenvalue weighted by Gasteiger charge is -2.18. The lowest BCUT2D eigenvalue weighted by molar-refractivity contribution is -0.126. The van der Waals surface area contributed by atoms with Crippen LogP contribution in [0.2, 0.25) is 0 Å². The number of rotatable bonds is 8. The van der Waals surface area contributed by atoms with Gasteiger partial charge in [-0.05, 0) is 42.1 Å². The maximum absolute atomic E-state index is 13.1. The van der Waals surface area contributed by atoms with Crippen molar-refractivity contribution < 1.29 is 4.79 Å². The predicted octanol–water partition coefficient (Wildman–Crippen LogP) is 4.96. The smallest absolute Gasteiger partial charge is 0.258 e. The molecule has 5 rings (SSSR count). The first-order valence-corrected chi connectivity index (χ1v) is 12.6. The van der Waals surface area contributed by atoms with E-state index in [1.54, 1.807) is 40.5 Å². The zero-order valence-corrected chi connectivity index (χ0v) is 20.6. The lowest BCUT2D eigenvalue weighted by Crippen LogP contribution is -2.30. The summed E-state index contributed by atoms with van der Waals surface area (Å²) in [4.78, 5) is 35.5. The van der Waals surface area contributed by atoms with Crippen LogP contribution in [0.5, 0.6) is 0 Å². The van der Waals surface area contributed by atoms with Gasteiger partial charge in [0.1, 0.15) is 11.5 Å². The van der Waals surface area contributed by atoms with Crippen molar-refractivity contribution in [2.75, 3.05) is 6.54 Å². The Hall–Kier alpha value is -4.30. The molecule has 0 saturated heterocycles. The van der Waals surface area contributed by atoms with Crippen LogP contribution in [0.25, 0.3) is 27.6 Å². The summed E-state index contributed by atoms with van der Waals surface area (Å²) in [7, 11) is 0. The molecular formula is C28H25N5O2S. The number of fused-ring (bicyclic) bond motifs is 1. The lowest BCUT2D eigenvalue weighted by atomic mass is 10.2. The molecule has 3 heterocycles. The van der Waals surface area contributed by atoms with E-state index in [4.69, 9.17) is 5.10 Å². The van der Waals surface area contributed by atoms with Gasteiger partial charge in [0.15, 0.2) is 0 Å². The zero-order chi connectivity index (χ0) is 24.9. The molecule has 3 aromatic heterocycles. The summed E-state index contributed by atoms with van der Waals surface area (Å²) in [6.45, 7) is 3.23. The van der Waals surface area contributed by atoms with Crippen molar-refractivity contribution in [3.63, 3.8) is 0 Å². The van der Waals surface area contributed by atoms with Gasteiger partial charge in [0.25, 0.3) is 5.56 Å². The zero-order valence-electron chi connectivity index (χ0n) is 19.8. The Morgan fingerprint density at radius 1 is 1.08 bits per heavy atom. The fourth-order valence-corrected chi connectivity index (χ4v) is 4.75. The Morgan fingerprint density at radius 2 is 1.89 bits per heavy atom. The summed E-state index contributed by atoms with van der Waals surface area (Å²) in [6, 6.07) is 21.3. The number of likely N-dealkylation sites (N-methyl/N-ethyl adjacent to an activating group) is 1. The Kier molecular flexibility index (Phi) is 6.86. The summed E-state index contributed by atoms with van der Waals surface area (Å²) >= 11 is 1.61. The van der Waals surface area contributed by atoms with Crippen molar-refractivity contribution in [1.29, 1.82) is 0 Å². The minimum Gasteiger partial charge on any atom is -0.332 e. The molecule has 1 N–H and O–H groups in total. The summed E-state index contributed by atoms with van der Waals surface area (Å²) in [5, 5.41) is 7.34. The number of H-pyrrole nitrogens is 1. The Bertz CT molecular complexity index is 1570. The second-order valence-electron chi connectivity index (χ2n) is 8.31. The second-order valence-corrected chi connectivity index (χ2v) is 9.26. The number of benzene rings is 2. The molecule has 5 aromatic rings. The molecular weight excluding hydrogens is 470 g/mol. The normalized spacial score (nSPS) is 11.4. The van der Waals surface area contributed by atoms with E-state index in [2.05, 4.69) is 22.1 Å². The second kappa shape index (κ2) is 10.5. The predicted molar refractivity (Wildman–Crippen MR) is 144 cm³/mol. The maximum Gasteiger partial charge on any atom is 0.258 e. The highest BCUT2D eigenvalue weighted by Gasteiger charge is 2.14. The molecule has 0 spiro atoms. The molecule has 0 unspecified atom stereocenters. The van der Waals surface area contributed by atoms with Crippen LogP contribution < -0.4 is 5.56 Å². The number of hydrogen-bond donors (Lipinski definition) is 1. The van der Waals surface area contributed by atoms with Crippen LogP contribution >= 0.6 is 11.3 Å². The van der Waals surface area contributed by atoms with Gasteiger partial charge in [0.2, 0.25) is 5.91 Å². The van der Waals surface area contributed by atoms with Gasteiger partial charge in [-0.2, -0.15) is 5.10 Å². The number of para-hydroxylation sites is 1. The first-order chi connectivity index (χ1) is 17.6. The molecule has 0 aliphatic carbocycles. The molecule has 0 bridgehead atoms. The number of aromatic nitrogens is 4. The molecule has 0 radical (unpaired) electrons. The van der Waals surface area contributed by atoms with Crippen molar-refractivity contribution in [2.45, 2.75) is 20.0 Å². The average Bonchev–Trinajstić information content (AvgIpc) is 3.56. The molecule has 0 fully saturated rings. The first-order valence-electron chi connectivity index (χ1n) is 11.7. The van der Waals surface area contributed by atoms with Crippen molar-refractivity contribution in [3.05, 3.63) is 112 Å². The van der Waals surface area contributed by atoms with Gasteiger partial charge in [0.05, 0.1) is 28.9 Å². The van der Waals surface area contributed by atoms with E-state index in [1.165, 1.54) is 0 Å². The van der Waals surface area contributed by atoms with Gasteiger partial charge in [0, 0.05) is 24.4 Å². The fraction of sp³-hybridized carbons (Fsp3) is 0.143.